The summed E-state index contributed by atoms with van der Waals surface area (Å²) < 4.78 is 11.0. The zero-order valence-electron chi connectivity index (χ0n) is 11.8. The Balaban J connectivity index is 2.55. The van der Waals surface area contributed by atoms with Crippen molar-refractivity contribution in [3.05, 3.63) is 34.9 Å². The number of hydrogen-bond acceptors (Lipinski definition) is 3. The van der Waals surface area contributed by atoms with Gasteiger partial charge in [0, 0.05) is 37.5 Å². The van der Waals surface area contributed by atoms with Gasteiger partial charge in [-0.1, -0.05) is 36.7 Å². The molecule has 0 saturated carbocycles. The highest BCUT2D eigenvalue weighted by Gasteiger charge is 2.14. The highest BCUT2D eigenvalue weighted by atomic mass is 35.5. The minimum atomic E-state index is -0.00268. The molecule has 0 amide bonds. The fraction of sp³-hybridized carbons (Fsp3) is 0.600. The first-order valence-corrected chi connectivity index (χ1v) is 7.23. The molecule has 0 spiro atoms. The van der Waals surface area contributed by atoms with Gasteiger partial charge in [-0.3, -0.25) is 0 Å². The average molecular weight is 286 g/mol. The number of rotatable bonds is 10. The lowest BCUT2D eigenvalue weighted by Crippen LogP contribution is -2.24. The first-order valence-electron chi connectivity index (χ1n) is 6.85. The van der Waals surface area contributed by atoms with E-state index in [1.54, 1.807) is 7.11 Å². The molecule has 0 aliphatic carbocycles. The van der Waals surface area contributed by atoms with Gasteiger partial charge in [0.15, 0.2) is 0 Å². The van der Waals surface area contributed by atoms with Crippen LogP contribution in [0.4, 0.5) is 0 Å². The summed E-state index contributed by atoms with van der Waals surface area (Å²) in [5, 5.41) is 4.15. The third-order valence-electron chi connectivity index (χ3n) is 2.82. The minimum absolute atomic E-state index is 0.00268. The van der Waals surface area contributed by atoms with Gasteiger partial charge in [-0.05, 0) is 25.5 Å². The van der Waals surface area contributed by atoms with Crippen molar-refractivity contribution in [2.45, 2.75) is 25.9 Å². The number of ether oxygens (including phenoxy) is 2. The molecule has 0 aliphatic heterocycles. The van der Waals surface area contributed by atoms with Crippen molar-refractivity contribution in [3.63, 3.8) is 0 Å². The lowest BCUT2D eigenvalue weighted by Gasteiger charge is -2.20. The van der Waals surface area contributed by atoms with Gasteiger partial charge in [-0.15, -0.1) is 0 Å². The molecule has 1 aromatic rings. The Morgan fingerprint density at radius 2 is 2.05 bits per heavy atom. The quantitative estimate of drug-likeness (QED) is 0.668. The number of nitrogens with one attached hydrogen (secondary N) is 1. The van der Waals surface area contributed by atoms with Crippen LogP contribution in [0.25, 0.3) is 0 Å². The van der Waals surface area contributed by atoms with E-state index in [0.29, 0.717) is 6.61 Å². The van der Waals surface area contributed by atoms with E-state index in [4.69, 9.17) is 21.1 Å². The van der Waals surface area contributed by atoms with E-state index >= 15 is 0 Å². The molecule has 0 aliphatic rings. The topological polar surface area (TPSA) is 30.5 Å². The van der Waals surface area contributed by atoms with Crippen molar-refractivity contribution in [2.75, 3.05) is 33.4 Å². The van der Waals surface area contributed by atoms with Crippen molar-refractivity contribution in [2.24, 2.45) is 0 Å². The molecule has 0 heterocycles. The highest BCUT2D eigenvalue weighted by molar-refractivity contribution is 6.31. The van der Waals surface area contributed by atoms with E-state index in [2.05, 4.69) is 12.2 Å². The predicted octanol–water partition coefficient (Wildman–Crippen LogP) is 3.43. The third kappa shape index (κ3) is 6.39. The normalized spacial score (nSPS) is 12.6. The van der Waals surface area contributed by atoms with Gasteiger partial charge in [0.2, 0.25) is 0 Å². The zero-order valence-corrected chi connectivity index (χ0v) is 12.6. The van der Waals surface area contributed by atoms with Gasteiger partial charge < -0.3 is 14.8 Å². The first-order chi connectivity index (χ1) is 9.29. The zero-order chi connectivity index (χ0) is 13.9. The van der Waals surface area contributed by atoms with E-state index in [1.807, 2.05) is 24.3 Å². The van der Waals surface area contributed by atoms with Crippen molar-refractivity contribution >= 4 is 11.6 Å². The lowest BCUT2D eigenvalue weighted by molar-refractivity contribution is 0.0390. The third-order valence-corrected chi connectivity index (χ3v) is 3.16. The summed E-state index contributed by atoms with van der Waals surface area (Å²) in [5.74, 6) is 0. The molecule has 4 heteroatoms. The van der Waals surface area contributed by atoms with Crippen LogP contribution in [0.2, 0.25) is 5.02 Å². The summed E-state index contributed by atoms with van der Waals surface area (Å²) in [6, 6.07) is 7.86. The summed E-state index contributed by atoms with van der Waals surface area (Å²) >= 11 is 6.24. The molecule has 108 valence electrons. The van der Waals surface area contributed by atoms with Crippen LogP contribution in [0.3, 0.4) is 0 Å². The van der Waals surface area contributed by atoms with Crippen LogP contribution >= 0.6 is 11.6 Å². The SMILES string of the molecule is CCCNCC(OCCCOC)c1ccccc1Cl. The minimum Gasteiger partial charge on any atom is -0.385 e. The lowest BCUT2D eigenvalue weighted by atomic mass is 10.1. The smallest absolute Gasteiger partial charge is 0.0963 e. The Hall–Kier alpha value is -0.610. The summed E-state index contributed by atoms with van der Waals surface area (Å²) in [7, 11) is 1.70. The monoisotopic (exact) mass is 285 g/mol. The van der Waals surface area contributed by atoms with E-state index < -0.39 is 0 Å². The standard InChI is InChI=1S/C15H24ClNO2/c1-3-9-17-12-15(19-11-6-10-18-2)13-7-4-5-8-14(13)16/h4-5,7-8,15,17H,3,6,9-12H2,1-2H3. The Kier molecular flexibility index (Phi) is 8.84. The Morgan fingerprint density at radius 3 is 2.74 bits per heavy atom. The van der Waals surface area contributed by atoms with Gasteiger partial charge in [0.25, 0.3) is 0 Å². The average Bonchev–Trinajstić information content (AvgIpc) is 2.42. The van der Waals surface area contributed by atoms with Crippen LogP contribution in [-0.2, 0) is 9.47 Å². The Labute approximate surface area is 121 Å². The van der Waals surface area contributed by atoms with E-state index in [9.17, 15) is 0 Å². The second kappa shape index (κ2) is 10.2. The summed E-state index contributed by atoms with van der Waals surface area (Å²) in [6.07, 6.45) is 2.00. The van der Waals surface area contributed by atoms with Crippen LogP contribution in [0, 0.1) is 0 Å². The van der Waals surface area contributed by atoms with Crippen molar-refractivity contribution < 1.29 is 9.47 Å². The van der Waals surface area contributed by atoms with Gasteiger partial charge >= 0.3 is 0 Å². The summed E-state index contributed by atoms with van der Waals surface area (Å²) in [5.41, 5.74) is 1.05. The van der Waals surface area contributed by atoms with Crippen LogP contribution in [-0.4, -0.2) is 33.4 Å². The number of benzene rings is 1. The van der Waals surface area contributed by atoms with E-state index in [1.165, 1.54) is 0 Å². The maximum absolute atomic E-state index is 6.24. The first kappa shape index (κ1) is 16.4. The fourth-order valence-corrected chi connectivity index (χ4v) is 2.09. The molecule has 0 fully saturated rings. The van der Waals surface area contributed by atoms with Crippen LogP contribution < -0.4 is 5.32 Å². The molecule has 0 radical (unpaired) electrons. The molecule has 0 aromatic heterocycles. The second-order valence-corrected chi connectivity index (χ2v) is 4.84. The highest BCUT2D eigenvalue weighted by Crippen LogP contribution is 2.25. The molecule has 1 rings (SSSR count). The molecule has 19 heavy (non-hydrogen) atoms. The molecule has 1 unspecified atom stereocenters. The van der Waals surface area contributed by atoms with Gasteiger partial charge in [-0.2, -0.15) is 0 Å². The molecule has 1 atom stereocenters. The van der Waals surface area contributed by atoms with Crippen molar-refractivity contribution in [1.29, 1.82) is 0 Å². The molecule has 0 saturated heterocycles. The van der Waals surface area contributed by atoms with E-state index in [0.717, 1.165) is 43.1 Å². The van der Waals surface area contributed by atoms with Crippen molar-refractivity contribution in [1.82, 2.24) is 5.32 Å². The Bertz CT molecular complexity index is 347. The summed E-state index contributed by atoms with van der Waals surface area (Å²) in [4.78, 5) is 0. The molecule has 3 nitrogen and oxygen atoms in total. The van der Waals surface area contributed by atoms with Crippen LogP contribution in [0.5, 0.6) is 0 Å². The number of methoxy groups -OCH3 is 1. The van der Waals surface area contributed by atoms with Gasteiger partial charge in [0.1, 0.15) is 0 Å². The molecular weight excluding hydrogens is 262 g/mol. The van der Waals surface area contributed by atoms with Crippen molar-refractivity contribution in [3.8, 4) is 0 Å². The summed E-state index contributed by atoms with van der Waals surface area (Å²) in [6.45, 7) is 5.32. The van der Waals surface area contributed by atoms with Crippen LogP contribution in [0.1, 0.15) is 31.4 Å². The largest absolute Gasteiger partial charge is 0.385 e. The van der Waals surface area contributed by atoms with Gasteiger partial charge in [0.05, 0.1) is 6.10 Å². The van der Waals surface area contributed by atoms with Crippen LogP contribution in [0.15, 0.2) is 24.3 Å². The molecule has 0 bridgehead atoms. The Morgan fingerprint density at radius 1 is 1.26 bits per heavy atom. The van der Waals surface area contributed by atoms with E-state index in [-0.39, 0.29) is 6.10 Å². The molecule has 1 aromatic carbocycles. The second-order valence-electron chi connectivity index (χ2n) is 4.43. The fourth-order valence-electron chi connectivity index (χ4n) is 1.83. The molecular formula is C15H24ClNO2. The predicted molar refractivity (Wildman–Crippen MR) is 79.8 cm³/mol. The maximum atomic E-state index is 6.24. The van der Waals surface area contributed by atoms with Gasteiger partial charge in [-0.25, -0.2) is 0 Å². The number of halogens is 1. The maximum Gasteiger partial charge on any atom is 0.0963 e. The number of hydrogen-bond donors (Lipinski definition) is 1. The molecule has 1 N–H and O–H groups in total.